The molecule has 1 fully saturated rings. The van der Waals surface area contributed by atoms with Crippen molar-refractivity contribution in [2.45, 2.75) is 32.4 Å². The van der Waals surface area contributed by atoms with E-state index in [1.54, 1.807) is 4.90 Å². The van der Waals surface area contributed by atoms with E-state index in [1.807, 2.05) is 31.4 Å². The van der Waals surface area contributed by atoms with Gasteiger partial charge >= 0.3 is 6.03 Å². The molecule has 0 radical (unpaired) electrons. The first-order valence-electron chi connectivity index (χ1n) is 7.85. The minimum absolute atomic E-state index is 0.155. The number of amides is 2. The van der Waals surface area contributed by atoms with E-state index in [0.717, 1.165) is 15.4 Å². The highest BCUT2D eigenvalue weighted by atomic mass is 32.1. The summed E-state index contributed by atoms with van der Waals surface area (Å²) in [5.74, 6) is 0. The highest BCUT2D eigenvalue weighted by Gasteiger charge is 2.30. The molecule has 1 aliphatic rings. The molecule has 0 bridgehead atoms. The van der Waals surface area contributed by atoms with Crippen LogP contribution < -0.4 is 5.32 Å². The van der Waals surface area contributed by atoms with E-state index < -0.39 is 6.10 Å². The zero-order valence-corrected chi connectivity index (χ0v) is 15.3. The van der Waals surface area contributed by atoms with Gasteiger partial charge < -0.3 is 14.7 Å². The number of nitrogens with one attached hydrogen (secondary N) is 1. The molecule has 0 aliphatic carbocycles. The van der Waals surface area contributed by atoms with Crippen molar-refractivity contribution in [3.8, 4) is 0 Å². The number of aliphatic hydroxyl groups is 1. The zero-order valence-electron chi connectivity index (χ0n) is 13.7. The molecule has 24 heavy (non-hydrogen) atoms. The number of rotatable bonds is 4. The Hall–Kier alpha value is -1.48. The summed E-state index contributed by atoms with van der Waals surface area (Å²) < 4.78 is 5.51. The Bertz CT molecular complexity index is 667. The molecule has 1 aliphatic heterocycles. The van der Waals surface area contributed by atoms with Crippen LogP contribution in [0.25, 0.3) is 0 Å². The van der Waals surface area contributed by atoms with Gasteiger partial charge in [0.15, 0.2) is 5.13 Å². The first kappa shape index (κ1) is 17.3. The lowest BCUT2D eigenvalue weighted by Gasteiger charge is -2.36. The van der Waals surface area contributed by atoms with Crippen LogP contribution in [0.4, 0.5) is 9.93 Å². The summed E-state index contributed by atoms with van der Waals surface area (Å²) in [7, 11) is 0. The fourth-order valence-electron chi connectivity index (χ4n) is 2.66. The first-order chi connectivity index (χ1) is 11.5. The number of aryl methyl sites for hydroxylation is 2. The van der Waals surface area contributed by atoms with E-state index in [9.17, 15) is 9.90 Å². The summed E-state index contributed by atoms with van der Waals surface area (Å²) in [5, 5.41) is 15.8. The van der Waals surface area contributed by atoms with Crippen LogP contribution >= 0.6 is 22.7 Å². The van der Waals surface area contributed by atoms with E-state index in [1.165, 1.54) is 22.7 Å². The maximum atomic E-state index is 12.6. The molecule has 2 N–H and O–H groups in total. The number of ether oxygens (including phenoxy) is 1. The molecule has 130 valence electrons. The minimum atomic E-state index is -0.587. The predicted octanol–water partition coefficient (Wildman–Crippen LogP) is 3.18. The van der Waals surface area contributed by atoms with Gasteiger partial charge in [0.2, 0.25) is 0 Å². The Morgan fingerprint density at radius 2 is 2.42 bits per heavy atom. The molecule has 3 rings (SSSR count). The Morgan fingerprint density at radius 1 is 1.58 bits per heavy atom. The van der Waals surface area contributed by atoms with E-state index in [4.69, 9.17) is 4.74 Å². The molecule has 0 spiro atoms. The lowest BCUT2D eigenvalue weighted by Crippen LogP contribution is -2.50. The summed E-state index contributed by atoms with van der Waals surface area (Å²) in [4.78, 5) is 20.7. The number of aromatic nitrogens is 1. The summed E-state index contributed by atoms with van der Waals surface area (Å²) in [6.45, 7) is 5.37. The normalized spacial score (nSPS) is 19.3. The molecular weight excluding hydrogens is 346 g/mol. The number of hydrogen-bond donors (Lipinski definition) is 2. The van der Waals surface area contributed by atoms with Gasteiger partial charge in [0, 0.05) is 22.7 Å². The van der Waals surface area contributed by atoms with E-state index >= 15 is 0 Å². The lowest BCUT2D eigenvalue weighted by molar-refractivity contribution is -0.00382. The smallest absolute Gasteiger partial charge is 0.324 e. The number of carbonyl (C=O) groups excluding carboxylic acids is 1. The fourth-order valence-corrected chi connectivity index (χ4v) is 4.19. The van der Waals surface area contributed by atoms with Gasteiger partial charge in [-0.05, 0) is 25.3 Å². The van der Waals surface area contributed by atoms with Crippen molar-refractivity contribution in [3.63, 3.8) is 0 Å². The molecule has 2 atom stereocenters. The van der Waals surface area contributed by atoms with Gasteiger partial charge in [-0.1, -0.05) is 6.07 Å². The van der Waals surface area contributed by atoms with Gasteiger partial charge in [0.05, 0.1) is 31.1 Å². The van der Waals surface area contributed by atoms with Crippen molar-refractivity contribution < 1.29 is 14.6 Å². The summed E-state index contributed by atoms with van der Waals surface area (Å²) >= 11 is 2.99. The van der Waals surface area contributed by atoms with Crippen LogP contribution in [0.3, 0.4) is 0 Å². The maximum Gasteiger partial charge on any atom is 0.324 e. The highest BCUT2D eigenvalue weighted by Crippen LogP contribution is 2.27. The SMILES string of the molecule is Cc1nc(NC(=O)N2CCOC[C@H]2C[C@H](O)c2cccs2)sc1C. The Kier molecular flexibility index (Phi) is 5.50. The number of anilines is 1. The zero-order chi connectivity index (χ0) is 17.1. The van der Waals surface area contributed by atoms with Crippen molar-refractivity contribution in [2.24, 2.45) is 0 Å². The quantitative estimate of drug-likeness (QED) is 0.870. The number of hydrogen-bond acceptors (Lipinski definition) is 6. The summed E-state index contributed by atoms with van der Waals surface area (Å²) in [6.07, 6.45) is -0.125. The van der Waals surface area contributed by atoms with Gasteiger partial charge in [-0.25, -0.2) is 9.78 Å². The van der Waals surface area contributed by atoms with Crippen molar-refractivity contribution in [3.05, 3.63) is 33.0 Å². The molecule has 0 saturated carbocycles. The average Bonchev–Trinajstić information content (AvgIpc) is 3.18. The molecule has 2 amide bonds. The predicted molar refractivity (Wildman–Crippen MR) is 95.8 cm³/mol. The van der Waals surface area contributed by atoms with Crippen molar-refractivity contribution in [1.82, 2.24) is 9.88 Å². The minimum Gasteiger partial charge on any atom is -0.387 e. The molecule has 1 saturated heterocycles. The van der Waals surface area contributed by atoms with Crippen LogP contribution in [0, 0.1) is 13.8 Å². The molecule has 8 heteroatoms. The van der Waals surface area contributed by atoms with Gasteiger partial charge in [0.25, 0.3) is 0 Å². The number of urea groups is 1. The lowest BCUT2D eigenvalue weighted by atomic mass is 10.1. The second kappa shape index (κ2) is 7.60. The monoisotopic (exact) mass is 367 g/mol. The van der Waals surface area contributed by atoms with Gasteiger partial charge in [-0.3, -0.25) is 5.32 Å². The van der Waals surface area contributed by atoms with Gasteiger partial charge in [-0.15, -0.1) is 22.7 Å². The van der Waals surface area contributed by atoms with Gasteiger partial charge in [-0.2, -0.15) is 0 Å². The number of thiazole rings is 1. The van der Waals surface area contributed by atoms with E-state index in [0.29, 0.717) is 31.3 Å². The van der Waals surface area contributed by atoms with E-state index in [-0.39, 0.29) is 12.1 Å². The van der Waals surface area contributed by atoms with Crippen LogP contribution in [0.15, 0.2) is 17.5 Å². The molecule has 6 nitrogen and oxygen atoms in total. The second-order valence-electron chi connectivity index (χ2n) is 5.78. The molecule has 0 aromatic carbocycles. The number of morpholine rings is 1. The number of nitrogens with zero attached hydrogens (tertiary/aromatic N) is 2. The second-order valence-corrected chi connectivity index (χ2v) is 7.96. The standard InChI is InChI=1S/C16H21N3O3S2/c1-10-11(2)24-15(17-10)18-16(21)19-5-6-22-9-12(19)8-13(20)14-4-3-7-23-14/h3-4,7,12-13,20H,5-6,8-9H2,1-2H3,(H,17,18,21)/t12-,13+/m1/s1. The summed E-state index contributed by atoms with van der Waals surface area (Å²) in [5.41, 5.74) is 0.932. The van der Waals surface area contributed by atoms with Crippen LogP contribution in [-0.2, 0) is 4.74 Å². The number of aliphatic hydroxyl groups excluding tert-OH is 1. The third-order valence-corrected chi connectivity index (χ3v) is 6.06. The number of thiophene rings is 1. The third kappa shape index (κ3) is 3.94. The molecule has 3 heterocycles. The van der Waals surface area contributed by atoms with Crippen molar-refractivity contribution >= 4 is 33.8 Å². The highest BCUT2D eigenvalue weighted by molar-refractivity contribution is 7.15. The Morgan fingerprint density at radius 3 is 3.08 bits per heavy atom. The molecule has 2 aromatic rings. The van der Waals surface area contributed by atoms with Crippen LogP contribution in [-0.4, -0.2) is 46.8 Å². The van der Waals surface area contributed by atoms with Crippen molar-refractivity contribution in [2.75, 3.05) is 25.1 Å². The van der Waals surface area contributed by atoms with Crippen LogP contribution in [0.1, 0.15) is 28.0 Å². The Balaban J connectivity index is 1.66. The number of carbonyl (C=O) groups is 1. The third-order valence-electron chi connectivity index (χ3n) is 4.10. The molecular formula is C16H21N3O3S2. The van der Waals surface area contributed by atoms with Crippen molar-refractivity contribution in [1.29, 1.82) is 0 Å². The Labute approximate surface area is 149 Å². The maximum absolute atomic E-state index is 12.6. The van der Waals surface area contributed by atoms with Crippen LogP contribution in [0.2, 0.25) is 0 Å². The largest absolute Gasteiger partial charge is 0.387 e. The molecule has 0 unspecified atom stereocenters. The van der Waals surface area contributed by atoms with E-state index in [2.05, 4.69) is 10.3 Å². The topological polar surface area (TPSA) is 74.7 Å². The molecule has 2 aromatic heterocycles. The first-order valence-corrected chi connectivity index (χ1v) is 9.55. The van der Waals surface area contributed by atoms with Gasteiger partial charge in [0.1, 0.15) is 0 Å². The fraction of sp³-hybridized carbons (Fsp3) is 0.500. The summed E-state index contributed by atoms with van der Waals surface area (Å²) in [6, 6.07) is 3.48. The average molecular weight is 367 g/mol. The van der Waals surface area contributed by atoms with Crippen LogP contribution in [0.5, 0.6) is 0 Å².